The molecule has 0 spiro atoms. The predicted molar refractivity (Wildman–Crippen MR) is 62.7 cm³/mol. The summed E-state index contributed by atoms with van der Waals surface area (Å²) in [7, 11) is 1.77. The maximum atomic E-state index is 13.0. The molecule has 2 rings (SSSR count). The molecule has 0 fully saturated rings. The summed E-state index contributed by atoms with van der Waals surface area (Å²) in [5.74, 6) is -0.425. The molecule has 0 aliphatic carbocycles. The van der Waals surface area contributed by atoms with Crippen LogP contribution in [0.5, 0.6) is 0 Å². The number of rotatable bonds is 4. The monoisotopic (exact) mass is 252 g/mol. The van der Waals surface area contributed by atoms with Gasteiger partial charge in [-0.05, 0) is 24.1 Å². The van der Waals surface area contributed by atoms with E-state index in [4.69, 9.17) is 5.73 Å². The van der Waals surface area contributed by atoms with Gasteiger partial charge in [0.2, 0.25) is 0 Å². The van der Waals surface area contributed by atoms with E-state index in [1.165, 1.54) is 18.5 Å². The van der Waals surface area contributed by atoms with Crippen molar-refractivity contribution in [3.05, 3.63) is 47.5 Å². The highest BCUT2D eigenvalue weighted by atomic mass is 19.1. The quantitative estimate of drug-likeness (QED) is 0.889. The number of aryl methyl sites for hydroxylation is 1. The third kappa shape index (κ3) is 3.10. The Bertz CT molecular complexity index is 518. The molecule has 96 valence electrons. The summed E-state index contributed by atoms with van der Waals surface area (Å²) in [4.78, 5) is 4.06. The van der Waals surface area contributed by atoms with Crippen molar-refractivity contribution >= 4 is 0 Å². The van der Waals surface area contributed by atoms with Crippen molar-refractivity contribution in [2.45, 2.75) is 18.9 Å². The molecule has 4 nitrogen and oxygen atoms in total. The van der Waals surface area contributed by atoms with Gasteiger partial charge >= 0.3 is 0 Å². The maximum absolute atomic E-state index is 13.0. The minimum Gasteiger partial charge on any atom is -0.327 e. The fourth-order valence-electron chi connectivity index (χ4n) is 1.84. The number of hydrogen-bond donors (Lipinski definition) is 1. The van der Waals surface area contributed by atoms with Crippen LogP contribution in [0.4, 0.5) is 8.78 Å². The fraction of sp³-hybridized carbons (Fsp3) is 0.333. The molecule has 18 heavy (non-hydrogen) atoms. The smallest absolute Gasteiger partial charge is 0.138 e. The van der Waals surface area contributed by atoms with Gasteiger partial charge in [-0.2, -0.15) is 5.10 Å². The lowest BCUT2D eigenvalue weighted by Gasteiger charge is -2.11. The molecule has 0 bridgehead atoms. The average Bonchev–Trinajstić information content (AvgIpc) is 2.62. The van der Waals surface area contributed by atoms with E-state index >= 15 is 0 Å². The van der Waals surface area contributed by atoms with Crippen molar-refractivity contribution in [3.8, 4) is 0 Å². The SMILES string of the molecule is Cn1ncnc1CC(N)Cc1cc(F)cc(F)c1. The van der Waals surface area contributed by atoms with E-state index in [1.807, 2.05) is 0 Å². The van der Waals surface area contributed by atoms with E-state index in [0.717, 1.165) is 11.9 Å². The Kier molecular flexibility index (Phi) is 3.66. The van der Waals surface area contributed by atoms with Gasteiger partial charge in [-0.15, -0.1) is 0 Å². The van der Waals surface area contributed by atoms with Crippen molar-refractivity contribution < 1.29 is 8.78 Å². The van der Waals surface area contributed by atoms with Crippen LogP contribution in [0, 0.1) is 11.6 Å². The van der Waals surface area contributed by atoms with Crippen molar-refractivity contribution in [2.24, 2.45) is 12.8 Å². The van der Waals surface area contributed by atoms with Gasteiger partial charge in [-0.25, -0.2) is 13.8 Å². The van der Waals surface area contributed by atoms with E-state index in [0.29, 0.717) is 18.4 Å². The molecule has 2 aromatic rings. The second-order valence-electron chi connectivity index (χ2n) is 4.25. The van der Waals surface area contributed by atoms with Crippen molar-refractivity contribution in [3.63, 3.8) is 0 Å². The normalized spacial score (nSPS) is 12.7. The van der Waals surface area contributed by atoms with Crippen LogP contribution in [0.25, 0.3) is 0 Å². The molecule has 0 radical (unpaired) electrons. The summed E-state index contributed by atoms with van der Waals surface area (Å²) in [5, 5.41) is 3.93. The lowest BCUT2D eigenvalue weighted by atomic mass is 10.0. The Labute approximate surface area is 103 Å². The van der Waals surface area contributed by atoms with Gasteiger partial charge in [0.25, 0.3) is 0 Å². The van der Waals surface area contributed by atoms with Crippen LogP contribution >= 0.6 is 0 Å². The number of halogens is 2. The number of benzene rings is 1. The summed E-state index contributed by atoms with van der Waals surface area (Å²) in [6.45, 7) is 0. The van der Waals surface area contributed by atoms with Crippen LogP contribution in [0.1, 0.15) is 11.4 Å². The van der Waals surface area contributed by atoms with Gasteiger partial charge in [-0.1, -0.05) is 0 Å². The molecule has 0 aliphatic heterocycles. The molecular weight excluding hydrogens is 238 g/mol. The summed E-state index contributed by atoms with van der Waals surface area (Å²) in [5.41, 5.74) is 6.48. The van der Waals surface area contributed by atoms with E-state index in [-0.39, 0.29) is 6.04 Å². The highest BCUT2D eigenvalue weighted by molar-refractivity contribution is 5.19. The minimum absolute atomic E-state index is 0.255. The van der Waals surface area contributed by atoms with Crippen LogP contribution in [0.2, 0.25) is 0 Å². The predicted octanol–water partition coefficient (Wildman–Crippen LogP) is 1.21. The molecule has 1 aromatic heterocycles. The summed E-state index contributed by atoms with van der Waals surface area (Å²) in [6, 6.07) is 3.17. The molecule has 0 aliphatic rings. The molecule has 0 saturated heterocycles. The molecule has 1 heterocycles. The first-order valence-electron chi connectivity index (χ1n) is 5.58. The third-order valence-corrected chi connectivity index (χ3v) is 2.67. The maximum Gasteiger partial charge on any atom is 0.138 e. The lowest BCUT2D eigenvalue weighted by Crippen LogP contribution is -2.27. The number of hydrogen-bond acceptors (Lipinski definition) is 3. The van der Waals surface area contributed by atoms with Crippen LogP contribution in [-0.4, -0.2) is 20.8 Å². The van der Waals surface area contributed by atoms with E-state index in [9.17, 15) is 8.78 Å². The van der Waals surface area contributed by atoms with Gasteiger partial charge in [0.15, 0.2) is 0 Å². The first-order chi connectivity index (χ1) is 8.54. The Morgan fingerprint density at radius 3 is 2.44 bits per heavy atom. The van der Waals surface area contributed by atoms with E-state index in [2.05, 4.69) is 10.1 Å². The zero-order valence-electron chi connectivity index (χ0n) is 9.98. The van der Waals surface area contributed by atoms with Crippen molar-refractivity contribution in [1.29, 1.82) is 0 Å². The number of nitrogens with zero attached hydrogens (tertiary/aromatic N) is 3. The van der Waals surface area contributed by atoms with Crippen molar-refractivity contribution in [2.75, 3.05) is 0 Å². The van der Waals surface area contributed by atoms with Crippen LogP contribution < -0.4 is 5.73 Å². The topological polar surface area (TPSA) is 56.7 Å². The first kappa shape index (κ1) is 12.6. The summed E-state index contributed by atoms with van der Waals surface area (Å²) >= 11 is 0. The summed E-state index contributed by atoms with van der Waals surface area (Å²) < 4.78 is 27.7. The molecule has 6 heteroatoms. The largest absolute Gasteiger partial charge is 0.327 e. The minimum atomic E-state index is -0.587. The van der Waals surface area contributed by atoms with Gasteiger partial charge < -0.3 is 5.73 Å². The molecule has 1 unspecified atom stereocenters. The Balaban J connectivity index is 2.03. The standard InChI is InChI=1S/C12H14F2N4/c1-18-12(16-7-17-18)6-11(15)4-8-2-9(13)5-10(14)3-8/h2-3,5,7,11H,4,6,15H2,1H3. The fourth-order valence-corrected chi connectivity index (χ4v) is 1.84. The van der Waals surface area contributed by atoms with Gasteiger partial charge in [0.05, 0.1) is 0 Å². The van der Waals surface area contributed by atoms with Gasteiger partial charge in [0.1, 0.15) is 23.8 Å². The lowest BCUT2D eigenvalue weighted by molar-refractivity contribution is 0.569. The highest BCUT2D eigenvalue weighted by Gasteiger charge is 2.10. The molecule has 0 saturated carbocycles. The molecular formula is C12H14F2N4. The molecule has 0 amide bonds. The average molecular weight is 252 g/mol. The Morgan fingerprint density at radius 2 is 1.89 bits per heavy atom. The van der Waals surface area contributed by atoms with Crippen LogP contribution in [0.3, 0.4) is 0 Å². The zero-order chi connectivity index (χ0) is 13.1. The second kappa shape index (κ2) is 5.22. The summed E-state index contributed by atoms with van der Waals surface area (Å²) in [6.07, 6.45) is 2.35. The first-order valence-corrected chi connectivity index (χ1v) is 5.58. The van der Waals surface area contributed by atoms with E-state index in [1.54, 1.807) is 11.7 Å². The van der Waals surface area contributed by atoms with E-state index < -0.39 is 11.6 Å². The Hall–Kier alpha value is -1.82. The number of nitrogens with two attached hydrogens (primary N) is 1. The molecule has 1 aromatic carbocycles. The third-order valence-electron chi connectivity index (χ3n) is 2.67. The Morgan fingerprint density at radius 1 is 1.22 bits per heavy atom. The van der Waals surface area contributed by atoms with Gasteiger partial charge in [0, 0.05) is 25.6 Å². The second-order valence-corrected chi connectivity index (χ2v) is 4.25. The van der Waals surface area contributed by atoms with Crippen LogP contribution in [0.15, 0.2) is 24.5 Å². The van der Waals surface area contributed by atoms with Crippen molar-refractivity contribution in [1.82, 2.24) is 14.8 Å². The zero-order valence-corrected chi connectivity index (χ0v) is 9.98. The highest BCUT2D eigenvalue weighted by Crippen LogP contribution is 2.11. The van der Waals surface area contributed by atoms with Crippen LogP contribution in [-0.2, 0) is 19.9 Å². The molecule has 1 atom stereocenters. The molecule has 2 N–H and O–H groups in total. The number of aromatic nitrogens is 3. The van der Waals surface area contributed by atoms with Gasteiger partial charge in [-0.3, -0.25) is 4.68 Å².